The average molecular weight is 308 g/mol. The first-order chi connectivity index (χ1) is 11.1. The van der Waals surface area contributed by atoms with Crippen molar-refractivity contribution >= 4 is 11.0 Å². The maximum atomic E-state index is 11.7. The Bertz CT molecular complexity index is 957. The molecule has 0 unspecified atom stereocenters. The monoisotopic (exact) mass is 308 g/mol. The minimum absolute atomic E-state index is 0.191. The summed E-state index contributed by atoms with van der Waals surface area (Å²) in [6, 6.07) is 7.26. The number of aryl methyl sites for hydroxylation is 1. The normalized spacial score (nSPS) is 18.8. The Balaban J connectivity index is 2.16. The summed E-state index contributed by atoms with van der Waals surface area (Å²) in [4.78, 5) is 11.7. The summed E-state index contributed by atoms with van der Waals surface area (Å²) >= 11 is 0. The molecule has 1 aromatic heterocycles. The van der Waals surface area contributed by atoms with Crippen molar-refractivity contribution in [3.8, 4) is 11.8 Å². The van der Waals surface area contributed by atoms with Gasteiger partial charge in [0.05, 0.1) is 0 Å². The smallest absolute Gasteiger partial charge is 0.336 e. The summed E-state index contributed by atoms with van der Waals surface area (Å²) < 4.78 is 11.1. The molecule has 0 atom stereocenters. The Hall–Kier alpha value is -2.74. The van der Waals surface area contributed by atoms with Gasteiger partial charge in [0.15, 0.2) is 0 Å². The minimum atomic E-state index is -0.434. The van der Waals surface area contributed by atoms with Gasteiger partial charge in [0.2, 0.25) is 5.88 Å². The van der Waals surface area contributed by atoms with Crippen LogP contribution in [0.5, 0.6) is 5.75 Å². The van der Waals surface area contributed by atoms with Crippen molar-refractivity contribution in [1.29, 1.82) is 5.26 Å². The molecule has 2 aromatic rings. The molecule has 5 nitrogen and oxygen atoms in total. The zero-order valence-electron chi connectivity index (χ0n) is 12.8. The van der Waals surface area contributed by atoms with Crippen LogP contribution in [0.2, 0.25) is 0 Å². The first kappa shape index (κ1) is 13.9. The van der Waals surface area contributed by atoms with Crippen LogP contribution in [0.4, 0.5) is 0 Å². The predicted molar refractivity (Wildman–Crippen MR) is 84.8 cm³/mol. The lowest BCUT2D eigenvalue weighted by Gasteiger charge is -2.36. The quantitative estimate of drug-likeness (QED) is 0.756. The lowest BCUT2D eigenvalue weighted by atomic mass is 9.70. The van der Waals surface area contributed by atoms with Crippen LogP contribution in [0, 0.1) is 18.3 Å². The van der Waals surface area contributed by atoms with Crippen LogP contribution >= 0.6 is 0 Å². The molecule has 0 radical (unpaired) electrons. The van der Waals surface area contributed by atoms with Crippen LogP contribution in [-0.2, 0) is 5.41 Å². The summed E-state index contributed by atoms with van der Waals surface area (Å²) in [7, 11) is 0. The van der Waals surface area contributed by atoms with Gasteiger partial charge in [-0.15, -0.1) is 0 Å². The van der Waals surface area contributed by atoms with E-state index in [1.807, 2.05) is 6.92 Å². The molecule has 2 aliphatic rings. The van der Waals surface area contributed by atoms with E-state index in [-0.39, 0.29) is 11.5 Å². The number of nitrogens with two attached hydrogens (primary N) is 1. The SMILES string of the molecule is Cc1cc(=O)oc2ccc3c(c12)C1(CCCC1)C(C#N)=C(N)O3. The van der Waals surface area contributed by atoms with Gasteiger partial charge in [-0.05, 0) is 37.5 Å². The van der Waals surface area contributed by atoms with E-state index in [0.717, 1.165) is 42.2 Å². The van der Waals surface area contributed by atoms with Gasteiger partial charge in [0.25, 0.3) is 0 Å². The zero-order chi connectivity index (χ0) is 16.2. The molecular formula is C18H16N2O3. The standard InChI is InChI=1S/C18H16N2O3/c1-10-8-14(21)22-12-4-5-13-16(15(10)12)18(6-2-3-7-18)11(9-19)17(20)23-13/h4-5,8H,2-3,6-7,20H2,1H3. The summed E-state index contributed by atoms with van der Waals surface area (Å²) in [6.45, 7) is 1.88. The van der Waals surface area contributed by atoms with Gasteiger partial charge >= 0.3 is 5.63 Å². The highest BCUT2D eigenvalue weighted by atomic mass is 16.5. The van der Waals surface area contributed by atoms with Crippen LogP contribution in [0.25, 0.3) is 11.0 Å². The molecule has 1 spiro atoms. The van der Waals surface area contributed by atoms with E-state index in [1.54, 1.807) is 12.1 Å². The third kappa shape index (κ3) is 1.75. The Morgan fingerprint density at radius 2 is 2.04 bits per heavy atom. The molecule has 1 fully saturated rings. The fourth-order valence-corrected chi connectivity index (χ4v) is 4.16. The second-order valence-electron chi connectivity index (χ2n) is 6.30. The second-order valence-corrected chi connectivity index (χ2v) is 6.30. The first-order valence-electron chi connectivity index (χ1n) is 7.73. The number of nitriles is 1. The van der Waals surface area contributed by atoms with Crippen molar-refractivity contribution in [1.82, 2.24) is 0 Å². The maximum absolute atomic E-state index is 11.7. The topological polar surface area (TPSA) is 89.2 Å². The Morgan fingerprint density at radius 1 is 1.30 bits per heavy atom. The molecule has 4 rings (SSSR count). The Kier molecular flexibility index (Phi) is 2.79. The Labute approximate surface area is 133 Å². The molecule has 2 heterocycles. The fourth-order valence-electron chi connectivity index (χ4n) is 4.16. The third-order valence-corrected chi connectivity index (χ3v) is 5.06. The van der Waals surface area contributed by atoms with Gasteiger partial charge in [0.1, 0.15) is 23.0 Å². The maximum Gasteiger partial charge on any atom is 0.336 e. The average Bonchev–Trinajstić information content (AvgIpc) is 2.97. The number of hydrogen-bond donors (Lipinski definition) is 1. The number of nitrogens with zero attached hydrogens (tertiary/aromatic N) is 1. The number of fused-ring (bicyclic) bond motifs is 4. The fraction of sp³-hybridized carbons (Fsp3) is 0.333. The number of hydrogen-bond acceptors (Lipinski definition) is 5. The molecular weight excluding hydrogens is 292 g/mol. The molecule has 0 saturated heterocycles. The van der Waals surface area contributed by atoms with Gasteiger partial charge < -0.3 is 14.9 Å². The van der Waals surface area contributed by atoms with Crippen LogP contribution in [0.1, 0.15) is 36.8 Å². The van der Waals surface area contributed by atoms with Gasteiger partial charge in [-0.1, -0.05) is 12.8 Å². The highest BCUT2D eigenvalue weighted by Gasteiger charge is 2.47. The van der Waals surface area contributed by atoms with E-state index in [2.05, 4.69) is 6.07 Å². The van der Waals surface area contributed by atoms with Crippen LogP contribution < -0.4 is 16.1 Å². The van der Waals surface area contributed by atoms with Crippen LogP contribution in [0.3, 0.4) is 0 Å². The highest BCUT2D eigenvalue weighted by molar-refractivity contribution is 5.89. The van der Waals surface area contributed by atoms with Crippen molar-refractivity contribution in [3.63, 3.8) is 0 Å². The van der Waals surface area contributed by atoms with Gasteiger partial charge in [-0.3, -0.25) is 0 Å². The van der Waals surface area contributed by atoms with Crippen molar-refractivity contribution < 1.29 is 9.15 Å². The predicted octanol–water partition coefficient (Wildman–Crippen LogP) is 3.00. The van der Waals surface area contributed by atoms with E-state index in [9.17, 15) is 10.1 Å². The van der Waals surface area contributed by atoms with Crippen LogP contribution in [-0.4, -0.2) is 0 Å². The summed E-state index contributed by atoms with van der Waals surface area (Å²) in [5.41, 5.74) is 8.03. The molecule has 1 aromatic carbocycles. The Morgan fingerprint density at radius 3 is 2.74 bits per heavy atom. The summed E-state index contributed by atoms with van der Waals surface area (Å²) in [5, 5.41) is 10.5. The van der Waals surface area contributed by atoms with Crippen molar-refractivity contribution in [2.75, 3.05) is 0 Å². The van der Waals surface area contributed by atoms with Gasteiger partial charge in [-0.25, -0.2) is 4.79 Å². The highest BCUT2D eigenvalue weighted by Crippen LogP contribution is 2.54. The van der Waals surface area contributed by atoms with E-state index < -0.39 is 5.41 Å². The number of benzene rings is 1. The van der Waals surface area contributed by atoms with Crippen molar-refractivity contribution in [2.24, 2.45) is 5.73 Å². The van der Waals surface area contributed by atoms with Crippen LogP contribution in [0.15, 0.2) is 38.9 Å². The van der Waals surface area contributed by atoms with Gasteiger partial charge in [0, 0.05) is 22.4 Å². The molecule has 2 N–H and O–H groups in total. The number of rotatable bonds is 0. The van der Waals surface area contributed by atoms with E-state index in [0.29, 0.717) is 16.9 Å². The molecule has 1 saturated carbocycles. The molecule has 23 heavy (non-hydrogen) atoms. The lowest BCUT2D eigenvalue weighted by molar-refractivity contribution is 0.353. The molecule has 0 amide bonds. The summed E-state index contributed by atoms with van der Waals surface area (Å²) in [6.07, 6.45) is 3.77. The lowest BCUT2D eigenvalue weighted by Crippen LogP contribution is -2.33. The molecule has 5 heteroatoms. The largest absolute Gasteiger partial charge is 0.440 e. The number of ether oxygens (including phenoxy) is 1. The third-order valence-electron chi connectivity index (χ3n) is 5.06. The molecule has 1 aliphatic carbocycles. The number of allylic oxidation sites excluding steroid dienone is 1. The van der Waals surface area contributed by atoms with Crippen molar-refractivity contribution in [2.45, 2.75) is 38.0 Å². The zero-order valence-corrected chi connectivity index (χ0v) is 12.8. The summed E-state index contributed by atoms with van der Waals surface area (Å²) in [5.74, 6) is 0.851. The minimum Gasteiger partial charge on any atom is -0.440 e. The van der Waals surface area contributed by atoms with Crippen molar-refractivity contribution in [3.05, 3.63) is 51.2 Å². The second kappa shape index (κ2) is 4.63. The van der Waals surface area contributed by atoms with Gasteiger partial charge in [-0.2, -0.15) is 5.26 Å². The molecule has 0 bridgehead atoms. The van der Waals surface area contributed by atoms with E-state index in [1.165, 1.54) is 6.07 Å². The first-order valence-corrected chi connectivity index (χ1v) is 7.73. The van der Waals surface area contributed by atoms with E-state index >= 15 is 0 Å². The molecule has 116 valence electrons. The molecule has 1 aliphatic heterocycles. The van der Waals surface area contributed by atoms with E-state index in [4.69, 9.17) is 14.9 Å².